The van der Waals surface area contributed by atoms with Crippen LogP contribution in [-0.2, 0) is 10.8 Å². The molecule has 1 heterocycles. The number of hydrogen-bond acceptors (Lipinski definition) is 0. The van der Waals surface area contributed by atoms with Crippen LogP contribution in [-0.4, -0.2) is 4.57 Å². The number of aromatic nitrogens is 1. The van der Waals surface area contributed by atoms with Crippen LogP contribution in [0.1, 0.15) is 49.9 Å². The van der Waals surface area contributed by atoms with Crippen molar-refractivity contribution in [3.63, 3.8) is 0 Å². The van der Waals surface area contributed by atoms with Crippen molar-refractivity contribution in [1.29, 1.82) is 0 Å². The standard InChI is InChI=1S/C52H37N/c1-51(2)41-24-10-7-19-38(41)45-48-46(39-20-8-11-25-42(39)52(48,3)4)50-47(49(45)51)40-21-9-12-26-43(40)53(50)31-16-13-15-30(29-31)32-27-28-37-34-18-6-5-17-33(34)36-23-14-22-35(32)44(36)37/h5-29H,1-4H3. The van der Waals surface area contributed by atoms with Crippen molar-refractivity contribution < 1.29 is 0 Å². The first kappa shape index (κ1) is 29.4. The fourth-order valence-electron chi connectivity index (χ4n) is 10.9. The number of hydrogen-bond donors (Lipinski definition) is 0. The Morgan fingerprint density at radius 3 is 1.70 bits per heavy atom. The van der Waals surface area contributed by atoms with E-state index in [1.54, 1.807) is 0 Å². The average Bonchev–Trinajstić information content (AvgIpc) is 3.85. The maximum atomic E-state index is 2.60. The van der Waals surface area contributed by atoms with E-state index in [9.17, 15) is 0 Å². The summed E-state index contributed by atoms with van der Waals surface area (Å²) in [5, 5.41) is 5.38. The summed E-state index contributed by atoms with van der Waals surface area (Å²) in [6.07, 6.45) is 0. The smallest absolute Gasteiger partial charge is 0.0626 e. The van der Waals surface area contributed by atoms with Crippen molar-refractivity contribution in [2.75, 3.05) is 0 Å². The summed E-state index contributed by atoms with van der Waals surface area (Å²) in [6, 6.07) is 57.1. The molecule has 0 bridgehead atoms. The molecular formula is C52H37N. The molecule has 0 unspecified atom stereocenters. The third kappa shape index (κ3) is 3.49. The van der Waals surface area contributed by atoms with Crippen LogP contribution >= 0.6 is 0 Å². The highest BCUT2D eigenvalue weighted by Crippen LogP contribution is 2.63. The van der Waals surface area contributed by atoms with Gasteiger partial charge in [-0.2, -0.15) is 0 Å². The van der Waals surface area contributed by atoms with Crippen LogP contribution in [0.2, 0.25) is 0 Å². The van der Waals surface area contributed by atoms with Gasteiger partial charge in [0.1, 0.15) is 0 Å². The topological polar surface area (TPSA) is 4.93 Å². The number of rotatable bonds is 2. The molecule has 3 aliphatic rings. The molecule has 0 N–H and O–H groups in total. The Labute approximate surface area is 309 Å². The first-order valence-electron chi connectivity index (χ1n) is 19.0. The van der Waals surface area contributed by atoms with Gasteiger partial charge in [0.25, 0.3) is 0 Å². The Morgan fingerprint density at radius 1 is 0.396 bits per heavy atom. The van der Waals surface area contributed by atoms with Gasteiger partial charge in [0.05, 0.1) is 11.0 Å². The van der Waals surface area contributed by atoms with E-state index in [1.165, 1.54) is 116 Å². The quantitative estimate of drug-likeness (QED) is 0.172. The molecule has 12 rings (SSSR count). The van der Waals surface area contributed by atoms with Gasteiger partial charge in [-0.3, -0.25) is 0 Å². The Balaban J connectivity index is 1.21. The van der Waals surface area contributed by atoms with Crippen LogP contribution in [0.25, 0.3) is 93.9 Å². The summed E-state index contributed by atoms with van der Waals surface area (Å²) in [4.78, 5) is 0. The van der Waals surface area contributed by atoms with Crippen molar-refractivity contribution >= 4 is 32.6 Å². The molecule has 1 nitrogen and oxygen atoms in total. The molecule has 0 saturated heterocycles. The lowest BCUT2D eigenvalue weighted by Crippen LogP contribution is -2.19. The number of benzene rings is 8. The molecule has 0 fully saturated rings. The second-order valence-corrected chi connectivity index (χ2v) is 16.4. The molecule has 250 valence electrons. The van der Waals surface area contributed by atoms with E-state index in [4.69, 9.17) is 0 Å². The first-order chi connectivity index (χ1) is 25.9. The summed E-state index contributed by atoms with van der Waals surface area (Å²) in [5.74, 6) is 0. The normalized spacial score (nSPS) is 15.1. The minimum absolute atomic E-state index is 0.164. The van der Waals surface area contributed by atoms with Crippen molar-refractivity contribution in [3.05, 3.63) is 174 Å². The van der Waals surface area contributed by atoms with E-state index in [1.807, 2.05) is 0 Å². The van der Waals surface area contributed by atoms with Gasteiger partial charge in [0.15, 0.2) is 0 Å². The number of para-hydroxylation sites is 1. The molecule has 0 radical (unpaired) electrons. The molecule has 0 atom stereocenters. The summed E-state index contributed by atoms with van der Waals surface area (Å²) in [6.45, 7) is 9.77. The Morgan fingerprint density at radius 2 is 0.943 bits per heavy atom. The van der Waals surface area contributed by atoms with E-state index < -0.39 is 0 Å². The monoisotopic (exact) mass is 675 g/mol. The molecule has 0 saturated carbocycles. The van der Waals surface area contributed by atoms with Gasteiger partial charge >= 0.3 is 0 Å². The maximum absolute atomic E-state index is 2.60. The van der Waals surface area contributed by atoms with Gasteiger partial charge in [-0.25, -0.2) is 0 Å². The zero-order chi connectivity index (χ0) is 35.4. The molecule has 0 amide bonds. The van der Waals surface area contributed by atoms with Crippen LogP contribution in [0.3, 0.4) is 0 Å². The molecule has 53 heavy (non-hydrogen) atoms. The van der Waals surface area contributed by atoms with Gasteiger partial charge < -0.3 is 4.57 Å². The molecular weight excluding hydrogens is 639 g/mol. The molecule has 3 aliphatic carbocycles. The molecule has 0 spiro atoms. The zero-order valence-electron chi connectivity index (χ0n) is 30.4. The largest absolute Gasteiger partial charge is 0.309 e. The van der Waals surface area contributed by atoms with Crippen molar-refractivity contribution in [3.8, 4) is 61.3 Å². The molecule has 0 aliphatic heterocycles. The minimum atomic E-state index is -0.164. The Bertz CT molecular complexity index is 3080. The molecule has 1 aromatic heterocycles. The van der Waals surface area contributed by atoms with E-state index in [0.29, 0.717) is 0 Å². The maximum Gasteiger partial charge on any atom is 0.0626 e. The average molecular weight is 676 g/mol. The lowest BCUT2D eigenvalue weighted by molar-refractivity contribution is 0.651. The highest BCUT2D eigenvalue weighted by molar-refractivity contribution is 6.22. The Hall–Kier alpha value is -6.18. The van der Waals surface area contributed by atoms with Crippen molar-refractivity contribution in [1.82, 2.24) is 4.57 Å². The third-order valence-electron chi connectivity index (χ3n) is 13.1. The summed E-state index contributed by atoms with van der Waals surface area (Å²) in [5.41, 5.74) is 22.6. The third-order valence-corrected chi connectivity index (χ3v) is 13.1. The number of fused-ring (bicyclic) bond motifs is 15. The summed E-state index contributed by atoms with van der Waals surface area (Å²) < 4.78 is 2.60. The van der Waals surface area contributed by atoms with Crippen LogP contribution in [0, 0.1) is 0 Å². The van der Waals surface area contributed by atoms with E-state index in [-0.39, 0.29) is 10.8 Å². The van der Waals surface area contributed by atoms with Gasteiger partial charge in [0.2, 0.25) is 0 Å². The highest BCUT2D eigenvalue weighted by atomic mass is 15.0. The van der Waals surface area contributed by atoms with Gasteiger partial charge in [-0.15, -0.1) is 0 Å². The molecule has 1 heteroatoms. The van der Waals surface area contributed by atoms with Crippen molar-refractivity contribution in [2.45, 2.75) is 38.5 Å². The van der Waals surface area contributed by atoms with Crippen molar-refractivity contribution in [2.24, 2.45) is 0 Å². The Kier molecular flexibility index (Phi) is 5.45. The minimum Gasteiger partial charge on any atom is -0.309 e. The van der Waals surface area contributed by atoms with Gasteiger partial charge in [0, 0.05) is 32.9 Å². The second kappa shape index (κ2) is 9.82. The van der Waals surface area contributed by atoms with Crippen LogP contribution < -0.4 is 0 Å². The predicted molar refractivity (Wildman–Crippen MR) is 223 cm³/mol. The SMILES string of the molecule is CC1(C)c2ccccc2-c2c1c1c(c3c4ccccc4n(-c4cccc(-c5ccc6c7c(cccc57)-c5ccccc5-6)c4)c23)C(C)(C)c2ccccc2-1. The fraction of sp³-hybridized carbons (Fsp3) is 0.115. The lowest BCUT2D eigenvalue weighted by Gasteiger charge is -2.27. The molecule has 8 aromatic carbocycles. The second-order valence-electron chi connectivity index (χ2n) is 16.4. The predicted octanol–water partition coefficient (Wildman–Crippen LogP) is 13.9. The highest BCUT2D eigenvalue weighted by Gasteiger charge is 2.47. The van der Waals surface area contributed by atoms with E-state index >= 15 is 0 Å². The lowest BCUT2D eigenvalue weighted by atomic mass is 9.75. The van der Waals surface area contributed by atoms with Gasteiger partial charge in [-0.1, -0.05) is 161 Å². The van der Waals surface area contributed by atoms with Crippen LogP contribution in [0.15, 0.2) is 152 Å². The van der Waals surface area contributed by atoms with Crippen LogP contribution in [0.4, 0.5) is 0 Å². The summed E-state index contributed by atoms with van der Waals surface area (Å²) >= 11 is 0. The fourth-order valence-corrected chi connectivity index (χ4v) is 10.9. The van der Waals surface area contributed by atoms with Gasteiger partial charge in [-0.05, 0) is 101 Å². The first-order valence-corrected chi connectivity index (χ1v) is 19.0. The molecule has 9 aromatic rings. The number of nitrogens with zero attached hydrogens (tertiary/aromatic N) is 1. The van der Waals surface area contributed by atoms with E-state index in [0.717, 1.165) is 0 Å². The van der Waals surface area contributed by atoms with E-state index in [2.05, 4.69) is 184 Å². The zero-order valence-corrected chi connectivity index (χ0v) is 30.4. The van der Waals surface area contributed by atoms with Crippen LogP contribution in [0.5, 0.6) is 0 Å². The summed E-state index contributed by atoms with van der Waals surface area (Å²) in [7, 11) is 0.